The Morgan fingerprint density at radius 3 is 3.00 bits per heavy atom. The third-order valence-corrected chi connectivity index (χ3v) is 4.60. The molecule has 2 aromatic rings. The molecule has 1 atom stereocenters. The summed E-state index contributed by atoms with van der Waals surface area (Å²) in [7, 11) is 0. The van der Waals surface area contributed by atoms with Gasteiger partial charge in [-0.15, -0.1) is 11.3 Å². The number of fused-ring (bicyclic) bond motifs is 1. The van der Waals surface area contributed by atoms with Gasteiger partial charge in [0, 0.05) is 18.0 Å². The molecule has 1 N–H and O–H groups in total. The van der Waals surface area contributed by atoms with Crippen molar-refractivity contribution in [3.63, 3.8) is 0 Å². The van der Waals surface area contributed by atoms with Gasteiger partial charge in [-0.1, -0.05) is 0 Å². The van der Waals surface area contributed by atoms with E-state index in [1.807, 2.05) is 0 Å². The van der Waals surface area contributed by atoms with Gasteiger partial charge in [0.15, 0.2) is 0 Å². The standard InChI is InChI=1S/C13H17N3OS.ClH/c1-8-9(2)18-13-11(8)12(15-7-16-13)14-6-10-4-3-5-17-10;/h7,10H,3-6H2,1-2H3,(H,14,15,16);1H/p-1. The second-order valence-electron chi connectivity index (χ2n) is 4.70. The van der Waals surface area contributed by atoms with E-state index >= 15 is 0 Å². The summed E-state index contributed by atoms with van der Waals surface area (Å²) in [5, 5.41) is 4.58. The van der Waals surface area contributed by atoms with Crippen molar-refractivity contribution >= 4 is 27.4 Å². The number of hydrogen-bond acceptors (Lipinski definition) is 5. The van der Waals surface area contributed by atoms with E-state index in [1.165, 1.54) is 16.9 Å². The molecular weight excluding hydrogens is 282 g/mol. The van der Waals surface area contributed by atoms with Crippen LogP contribution in [0.25, 0.3) is 10.2 Å². The summed E-state index contributed by atoms with van der Waals surface area (Å²) in [5.41, 5.74) is 1.28. The molecule has 19 heavy (non-hydrogen) atoms. The van der Waals surface area contributed by atoms with Gasteiger partial charge in [0.05, 0.1) is 11.5 Å². The van der Waals surface area contributed by atoms with Gasteiger partial charge in [0.25, 0.3) is 0 Å². The first-order valence-electron chi connectivity index (χ1n) is 6.32. The summed E-state index contributed by atoms with van der Waals surface area (Å²) < 4.78 is 5.62. The lowest BCUT2D eigenvalue weighted by Gasteiger charge is -2.12. The molecule has 1 aliphatic rings. The molecule has 104 valence electrons. The predicted octanol–water partition coefficient (Wildman–Crippen LogP) is -0.0970. The number of aryl methyl sites for hydroxylation is 2. The number of thiophene rings is 1. The maximum Gasteiger partial charge on any atom is 0.138 e. The third-order valence-electron chi connectivity index (χ3n) is 3.49. The minimum atomic E-state index is 0. The highest BCUT2D eigenvalue weighted by Gasteiger charge is 2.17. The van der Waals surface area contributed by atoms with E-state index in [0.717, 1.165) is 35.6 Å². The molecule has 4 nitrogen and oxygen atoms in total. The van der Waals surface area contributed by atoms with Crippen molar-refractivity contribution in [1.29, 1.82) is 0 Å². The lowest BCUT2D eigenvalue weighted by molar-refractivity contribution is -0.00000501. The fourth-order valence-electron chi connectivity index (χ4n) is 2.33. The number of nitrogens with one attached hydrogen (secondary N) is 1. The van der Waals surface area contributed by atoms with Crippen LogP contribution in [0.15, 0.2) is 6.33 Å². The number of rotatable bonds is 3. The minimum Gasteiger partial charge on any atom is -1.00 e. The summed E-state index contributed by atoms with van der Waals surface area (Å²) in [6.07, 6.45) is 4.27. The first kappa shape index (κ1) is 14.5. The van der Waals surface area contributed by atoms with Crippen molar-refractivity contribution in [2.75, 3.05) is 18.5 Å². The lowest BCUT2D eigenvalue weighted by Crippen LogP contribution is -3.00. The van der Waals surface area contributed by atoms with Crippen molar-refractivity contribution < 1.29 is 17.1 Å². The van der Waals surface area contributed by atoms with Gasteiger partial charge in [0.2, 0.25) is 0 Å². The number of nitrogens with zero attached hydrogens (tertiary/aromatic N) is 2. The Balaban J connectivity index is 0.00000133. The van der Waals surface area contributed by atoms with Crippen LogP contribution < -0.4 is 17.7 Å². The molecule has 1 aliphatic heterocycles. The summed E-state index contributed by atoms with van der Waals surface area (Å²) in [4.78, 5) is 11.1. The van der Waals surface area contributed by atoms with E-state index in [-0.39, 0.29) is 12.4 Å². The molecule has 0 amide bonds. The highest BCUT2D eigenvalue weighted by molar-refractivity contribution is 7.18. The van der Waals surface area contributed by atoms with Crippen LogP contribution in [0.5, 0.6) is 0 Å². The quantitative estimate of drug-likeness (QED) is 0.860. The van der Waals surface area contributed by atoms with Gasteiger partial charge in [-0.2, -0.15) is 0 Å². The molecule has 0 radical (unpaired) electrons. The Bertz CT molecular complexity index is 566. The van der Waals surface area contributed by atoms with E-state index in [0.29, 0.717) is 6.10 Å². The number of hydrogen-bond donors (Lipinski definition) is 1. The van der Waals surface area contributed by atoms with Gasteiger partial charge >= 0.3 is 0 Å². The molecule has 1 saturated heterocycles. The van der Waals surface area contributed by atoms with Crippen molar-refractivity contribution in [3.05, 3.63) is 16.8 Å². The summed E-state index contributed by atoms with van der Waals surface area (Å²) in [5.74, 6) is 0.942. The summed E-state index contributed by atoms with van der Waals surface area (Å²) in [6, 6.07) is 0. The SMILES string of the molecule is Cc1sc2ncnc(NCC3CCCO3)c2c1C.[Cl-]. The van der Waals surface area contributed by atoms with Gasteiger partial charge < -0.3 is 22.5 Å². The summed E-state index contributed by atoms with van der Waals surface area (Å²) >= 11 is 1.73. The largest absolute Gasteiger partial charge is 1.00 e. The minimum absolute atomic E-state index is 0. The summed E-state index contributed by atoms with van der Waals surface area (Å²) in [6.45, 7) is 5.99. The first-order valence-corrected chi connectivity index (χ1v) is 7.13. The number of ether oxygens (including phenoxy) is 1. The van der Waals surface area contributed by atoms with Crippen LogP contribution in [-0.4, -0.2) is 29.2 Å². The molecule has 3 rings (SSSR count). The van der Waals surface area contributed by atoms with Crippen LogP contribution >= 0.6 is 11.3 Å². The molecule has 0 spiro atoms. The maximum atomic E-state index is 5.62. The molecule has 0 aliphatic carbocycles. The highest BCUT2D eigenvalue weighted by atomic mass is 35.5. The monoisotopic (exact) mass is 298 g/mol. The molecule has 3 heterocycles. The average molecular weight is 299 g/mol. The molecule has 1 fully saturated rings. The molecule has 0 bridgehead atoms. The van der Waals surface area contributed by atoms with Crippen molar-refractivity contribution in [1.82, 2.24) is 9.97 Å². The van der Waals surface area contributed by atoms with E-state index < -0.39 is 0 Å². The van der Waals surface area contributed by atoms with Crippen molar-refractivity contribution in [2.24, 2.45) is 0 Å². The Kier molecular flexibility index (Phi) is 4.60. The third kappa shape index (κ3) is 2.83. The van der Waals surface area contributed by atoms with Crippen LogP contribution in [0.4, 0.5) is 5.82 Å². The van der Waals surface area contributed by atoms with Crippen LogP contribution in [0.3, 0.4) is 0 Å². The topological polar surface area (TPSA) is 47.0 Å². The zero-order valence-electron chi connectivity index (χ0n) is 11.1. The average Bonchev–Trinajstić information content (AvgIpc) is 2.97. The number of halogens is 1. The van der Waals surface area contributed by atoms with Crippen LogP contribution in [-0.2, 0) is 4.74 Å². The highest BCUT2D eigenvalue weighted by Crippen LogP contribution is 2.32. The van der Waals surface area contributed by atoms with Crippen LogP contribution in [0, 0.1) is 13.8 Å². The molecule has 1 unspecified atom stereocenters. The number of anilines is 1. The molecular formula is C13H17ClN3OS-. The fraction of sp³-hybridized carbons (Fsp3) is 0.538. The molecule has 2 aromatic heterocycles. The Hall–Kier alpha value is -0.910. The predicted molar refractivity (Wildman–Crippen MR) is 74.4 cm³/mol. The molecule has 0 aromatic carbocycles. The maximum absolute atomic E-state index is 5.62. The van der Waals surface area contributed by atoms with Crippen LogP contribution in [0.2, 0.25) is 0 Å². The Morgan fingerprint density at radius 1 is 1.42 bits per heavy atom. The van der Waals surface area contributed by atoms with Gasteiger partial charge in [0.1, 0.15) is 17.0 Å². The van der Waals surface area contributed by atoms with E-state index in [4.69, 9.17) is 4.74 Å². The number of aromatic nitrogens is 2. The Labute approximate surface area is 123 Å². The fourth-order valence-corrected chi connectivity index (χ4v) is 3.33. The van der Waals surface area contributed by atoms with Gasteiger partial charge in [-0.05, 0) is 32.3 Å². The lowest BCUT2D eigenvalue weighted by atomic mass is 10.2. The van der Waals surface area contributed by atoms with E-state index in [1.54, 1.807) is 17.7 Å². The smallest absolute Gasteiger partial charge is 0.138 e. The zero-order valence-corrected chi connectivity index (χ0v) is 12.6. The van der Waals surface area contributed by atoms with Gasteiger partial charge in [-0.25, -0.2) is 9.97 Å². The Morgan fingerprint density at radius 2 is 2.26 bits per heavy atom. The van der Waals surface area contributed by atoms with E-state index in [9.17, 15) is 0 Å². The zero-order chi connectivity index (χ0) is 12.5. The second kappa shape index (κ2) is 6.03. The molecule has 0 saturated carbocycles. The van der Waals surface area contributed by atoms with Crippen molar-refractivity contribution in [2.45, 2.75) is 32.8 Å². The normalized spacial score (nSPS) is 18.5. The first-order chi connectivity index (χ1) is 8.75. The second-order valence-corrected chi connectivity index (χ2v) is 5.90. The van der Waals surface area contributed by atoms with Crippen LogP contribution in [0.1, 0.15) is 23.3 Å². The molecule has 6 heteroatoms. The van der Waals surface area contributed by atoms with E-state index in [2.05, 4.69) is 29.1 Å². The van der Waals surface area contributed by atoms with Crippen molar-refractivity contribution in [3.8, 4) is 0 Å². The van der Waals surface area contributed by atoms with Gasteiger partial charge in [-0.3, -0.25) is 0 Å².